The fourth-order valence-corrected chi connectivity index (χ4v) is 2.40. The Bertz CT molecular complexity index is 543. The summed E-state index contributed by atoms with van der Waals surface area (Å²) in [7, 11) is 1.37. The quantitative estimate of drug-likeness (QED) is 0.779. The van der Waals surface area contributed by atoms with Crippen molar-refractivity contribution in [2.45, 2.75) is 18.3 Å². The van der Waals surface area contributed by atoms with E-state index in [0.29, 0.717) is 24.6 Å². The van der Waals surface area contributed by atoms with Crippen LogP contribution in [0.1, 0.15) is 18.7 Å². The van der Waals surface area contributed by atoms with Gasteiger partial charge in [0.2, 0.25) is 11.7 Å². The van der Waals surface area contributed by atoms with Crippen LogP contribution in [0, 0.1) is 0 Å². The summed E-state index contributed by atoms with van der Waals surface area (Å²) in [6.07, 6.45) is 1.43. The highest BCUT2D eigenvalue weighted by atomic mass is 32.1. The van der Waals surface area contributed by atoms with Crippen LogP contribution in [0.3, 0.4) is 0 Å². The van der Waals surface area contributed by atoms with E-state index in [0.717, 1.165) is 4.88 Å². The van der Waals surface area contributed by atoms with Crippen molar-refractivity contribution in [3.8, 4) is 10.7 Å². The van der Waals surface area contributed by atoms with Gasteiger partial charge in [0, 0.05) is 0 Å². The molecule has 0 aliphatic heterocycles. The number of esters is 1. The molecule has 3 rings (SSSR count). The van der Waals surface area contributed by atoms with Gasteiger partial charge < -0.3 is 9.26 Å². The first-order valence-electron chi connectivity index (χ1n) is 5.23. The number of carbonyl (C=O) groups is 1. The van der Waals surface area contributed by atoms with E-state index >= 15 is 0 Å². The number of carbonyl (C=O) groups excluding carboxylic acids is 1. The molecule has 0 amide bonds. The third kappa shape index (κ3) is 1.56. The Balaban J connectivity index is 1.94. The number of ether oxygens (including phenoxy) is 1. The lowest BCUT2D eigenvalue weighted by molar-refractivity contribution is -0.144. The zero-order valence-electron chi connectivity index (χ0n) is 9.17. The molecule has 1 saturated carbocycles. The number of nitrogens with zero attached hydrogens (tertiary/aromatic N) is 2. The Kier molecular flexibility index (Phi) is 2.25. The molecule has 17 heavy (non-hydrogen) atoms. The van der Waals surface area contributed by atoms with Crippen LogP contribution < -0.4 is 0 Å². The van der Waals surface area contributed by atoms with Crippen molar-refractivity contribution in [1.29, 1.82) is 0 Å². The van der Waals surface area contributed by atoms with E-state index in [1.165, 1.54) is 18.4 Å². The molecule has 0 radical (unpaired) electrons. The average molecular weight is 250 g/mol. The van der Waals surface area contributed by atoms with Gasteiger partial charge in [-0.15, -0.1) is 11.3 Å². The summed E-state index contributed by atoms with van der Waals surface area (Å²) >= 11 is 1.53. The highest BCUT2D eigenvalue weighted by Crippen LogP contribution is 2.48. The highest BCUT2D eigenvalue weighted by Gasteiger charge is 2.57. The van der Waals surface area contributed by atoms with Gasteiger partial charge >= 0.3 is 5.97 Å². The van der Waals surface area contributed by atoms with E-state index in [1.54, 1.807) is 0 Å². The van der Waals surface area contributed by atoms with Gasteiger partial charge in [-0.3, -0.25) is 4.79 Å². The molecule has 0 atom stereocenters. The third-order valence-electron chi connectivity index (χ3n) is 2.90. The van der Waals surface area contributed by atoms with E-state index in [4.69, 9.17) is 9.26 Å². The van der Waals surface area contributed by atoms with Crippen LogP contribution in [0.4, 0.5) is 0 Å². The first kappa shape index (κ1) is 10.5. The van der Waals surface area contributed by atoms with E-state index < -0.39 is 5.41 Å². The van der Waals surface area contributed by atoms with Crippen LogP contribution >= 0.6 is 11.3 Å². The topological polar surface area (TPSA) is 65.2 Å². The number of aromatic nitrogens is 2. The van der Waals surface area contributed by atoms with E-state index in [-0.39, 0.29) is 5.97 Å². The van der Waals surface area contributed by atoms with E-state index in [9.17, 15) is 4.79 Å². The minimum Gasteiger partial charge on any atom is -0.468 e. The zero-order chi connectivity index (χ0) is 11.9. The van der Waals surface area contributed by atoms with Crippen molar-refractivity contribution in [2.24, 2.45) is 0 Å². The second kappa shape index (κ2) is 3.66. The molecule has 1 aliphatic carbocycles. The molecule has 0 spiro atoms. The van der Waals surface area contributed by atoms with Crippen molar-refractivity contribution in [3.63, 3.8) is 0 Å². The standard InChI is InChI=1S/C11H10N2O3S/c1-15-10(14)11(4-5-11)9-12-8(13-16-9)7-3-2-6-17-7/h2-3,6H,4-5H2,1H3. The van der Waals surface area contributed by atoms with Crippen LogP contribution in [-0.4, -0.2) is 23.2 Å². The molecule has 6 heteroatoms. The fraction of sp³-hybridized carbons (Fsp3) is 0.364. The average Bonchev–Trinajstić information content (AvgIpc) is 2.84. The SMILES string of the molecule is COC(=O)C1(c2nc(-c3cccs3)no2)CC1. The van der Waals surface area contributed by atoms with Gasteiger partial charge in [-0.05, 0) is 24.3 Å². The number of rotatable bonds is 3. The molecule has 88 valence electrons. The Morgan fingerprint density at radius 2 is 2.41 bits per heavy atom. The number of methoxy groups -OCH3 is 1. The van der Waals surface area contributed by atoms with E-state index in [1.807, 2.05) is 17.5 Å². The summed E-state index contributed by atoms with van der Waals surface area (Å²) in [5, 5.41) is 5.84. The molecule has 0 bridgehead atoms. The van der Waals surface area contributed by atoms with E-state index in [2.05, 4.69) is 10.1 Å². The Morgan fingerprint density at radius 1 is 1.59 bits per heavy atom. The lowest BCUT2D eigenvalue weighted by Gasteiger charge is -2.05. The molecule has 5 nitrogen and oxygen atoms in total. The number of thiophene rings is 1. The molecule has 0 unspecified atom stereocenters. The van der Waals surface area contributed by atoms with Crippen LogP contribution in [0.2, 0.25) is 0 Å². The van der Waals surface area contributed by atoms with Crippen LogP contribution in [0.15, 0.2) is 22.0 Å². The van der Waals surface area contributed by atoms with Gasteiger partial charge in [0.25, 0.3) is 0 Å². The fourth-order valence-electron chi connectivity index (χ4n) is 1.75. The molecule has 2 heterocycles. The summed E-state index contributed by atoms with van der Waals surface area (Å²) < 4.78 is 9.95. The third-order valence-corrected chi connectivity index (χ3v) is 3.77. The summed E-state index contributed by atoms with van der Waals surface area (Å²) in [4.78, 5) is 16.9. The molecular weight excluding hydrogens is 240 g/mol. The maximum atomic E-state index is 11.6. The maximum Gasteiger partial charge on any atom is 0.321 e. The molecule has 2 aromatic heterocycles. The summed E-state index contributed by atoms with van der Waals surface area (Å²) in [5.74, 6) is 0.608. The molecule has 0 N–H and O–H groups in total. The Labute approximate surface area is 101 Å². The normalized spacial score (nSPS) is 16.8. The Hall–Kier alpha value is -1.69. The minimum atomic E-state index is -0.683. The lowest BCUT2D eigenvalue weighted by Crippen LogP contribution is -2.22. The summed E-state index contributed by atoms with van der Waals surface area (Å²) in [5.41, 5.74) is -0.683. The second-order valence-electron chi connectivity index (χ2n) is 3.97. The number of hydrogen-bond acceptors (Lipinski definition) is 6. The predicted molar refractivity (Wildman–Crippen MR) is 60.5 cm³/mol. The van der Waals surface area contributed by atoms with Crippen LogP contribution in [0.25, 0.3) is 10.7 Å². The monoisotopic (exact) mass is 250 g/mol. The maximum absolute atomic E-state index is 11.6. The molecule has 0 aromatic carbocycles. The second-order valence-corrected chi connectivity index (χ2v) is 4.92. The predicted octanol–water partition coefficient (Wildman–Crippen LogP) is 2.00. The molecule has 1 aliphatic rings. The van der Waals surface area contributed by atoms with Gasteiger partial charge in [0.15, 0.2) is 0 Å². The van der Waals surface area contributed by atoms with Gasteiger partial charge in [-0.1, -0.05) is 11.2 Å². The van der Waals surface area contributed by atoms with Crippen LogP contribution in [-0.2, 0) is 14.9 Å². The lowest BCUT2D eigenvalue weighted by atomic mass is 10.1. The zero-order valence-corrected chi connectivity index (χ0v) is 9.99. The Morgan fingerprint density at radius 3 is 3.00 bits per heavy atom. The van der Waals surface area contributed by atoms with Crippen molar-refractivity contribution in [1.82, 2.24) is 10.1 Å². The van der Waals surface area contributed by atoms with Gasteiger partial charge in [-0.2, -0.15) is 4.98 Å². The van der Waals surface area contributed by atoms with Gasteiger partial charge in [0.1, 0.15) is 5.41 Å². The van der Waals surface area contributed by atoms with Gasteiger partial charge in [-0.25, -0.2) is 0 Å². The first-order chi connectivity index (χ1) is 8.26. The highest BCUT2D eigenvalue weighted by molar-refractivity contribution is 7.13. The number of hydrogen-bond donors (Lipinski definition) is 0. The minimum absolute atomic E-state index is 0.293. The van der Waals surface area contributed by atoms with Crippen LogP contribution in [0.5, 0.6) is 0 Å². The van der Waals surface area contributed by atoms with Gasteiger partial charge in [0.05, 0.1) is 12.0 Å². The molecule has 0 saturated heterocycles. The molecule has 1 fully saturated rings. The van der Waals surface area contributed by atoms with Crippen molar-refractivity contribution in [3.05, 3.63) is 23.4 Å². The largest absolute Gasteiger partial charge is 0.468 e. The van der Waals surface area contributed by atoms with Crippen molar-refractivity contribution >= 4 is 17.3 Å². The molecular formula is C11H10N2O3S. The van der Waals surface area contributed by atoms with Crippen molar-refractivity contribution < 1.29 is 14.1 Å². The smallest absolute Gasteiger partial charge is 0.321 e. The summed E-state index contributed by atoms with van der Waals surface area (Å²) in [6.45, 7) is 0. The molecule has 2 aromatic rings. The van der Waals surface area contributed by atoms with Crippen molar-refractivity contribution in [2.75, 3.05) is 7.11 Å². The first-order valence-corrected chi connectivity index (χ1v) is 6.11. The summed E-state index contributed by atoms with van der Waals surface area (Å²) in [6, 6.07) is 3.83.